The van der Waals surface area contributed by atoms with Crippen molar-refractivity contribution < 1.29 is 0 Å². The molecule has 0 heterocycles. The molecule has 1 heteroatoms. The zero-order valence-electron chi connectivity index (χ0n) is 8.72. The molecule has 3 rings (SSSR count). The minimum absolute atomic E-state index is 0.651. The topological polar surface area (TPSA) is 12.0 Å². The van der Waals surface area contributed by atoms with Gasteiger partial charge in [-0.3, -0.25) is 0 Å². The summed E-state index contributed by atoms with van der Waals surface area (Å²) >= 11 is 0. The lowest BCUT2D eigenvalue weighted by Crippen LogP contribution is -2.21. The summed E-state index contributed by atoms with van der Waals surface area (Å²) in [4.78, 5) is 0. The van der Waals surface area contributed by atoms with Crippen molar-refractivity contribution in [2.75, 3.05) is 0 Å². The van der Waals surface area contributed by atoms with E-state index in [0.717, 1.165) is 6.04 Å². The Labute approximate surface area is 85.5 Å². The van der Waals surface area contributed by atoms with Gasteiger partial charge in [0.05, 0.1) is 0 Å². The molecule has 1 atom stereocenters. The van der Waals surface area contributed by atoms with Crippen molar-refractivity contribution in [3.05, 3.63) is 34.9 Å². The van der Waals surface area contributed by atoms with Gasteiger partial charge in [-0.1, -0.05) is 23.8 Å². The van der Waals surface area contributed by atoms with Gasteiger partial charge < -0.3 is 5.32 Å². The first kappa shape index (κ1) is 8.49. The summed E-state index contributed by atoms with van der Waals surface area (Å²) in [6, 6.07) is 8.39. The molecule has 1 N–H and O–H groups in total. The number of aryl methyl sites for hydroxylation is 2. The first-order valence-corrected chi connectivity index (χ1v) is 5.68. The summed E-state index contributed by atoms with van der Waals surface area (Å²) in [6.45, 7) is 2.18. The molecule has 2 aliphatic carbocycles. The van der Waals surface area contributed by atoms with Gasteiger partial charge in [0.2, 0.25) is 0 Å². The third-order valence-corrected chi connectivity index (χ3v) is 3.39. The third kappa shape index (κ3) is 1.46. The van der Waals surface area contributed by atoms with Crippen LogP contribution in [0.1, 0.15) is 42.0 Å². The Morgan fingerprint density at radius 3 is 2.86 bits per heavy atom. The second kappa shape index (κ2) is 3.09. The minimum atomic E-state index is 0.651. The van der Waals surface area contributed by atoms with E-state index in [1.807, 2.05) is 0 Å². The molecule has 1 aromatic carbocycles. The molecule has 0 aromatic heterocycles. The van der Waals surface area contributed by atoms with Gasteiger partial charge in [-0.05, 0) is 43.7 Å². The summed E-state index contributed by atoms with van der Waals surface area (Å²) in [5.41, 5.74) is 4.53. The predicted octanol–water partition coefficient (Wildman–Crippen LogP) is 2.73. The second-order valence-electron chi connectivity index (χ2n) is 4.73. The monoisotopic (exact) mass is 187 g/mol. The average Bonchev–Trinajstić information content (AvgIpc) is 2.89. The molecular formula is C13H17N. The van der Waals surface area contributed by atoms with Crippen LogP contribution in [0.3, 0.4) is 0 Å². The molecule has 74 valence electrons. The van der Waals surface area contributed by atoms with Crippen molar-refractivity contribution in [3.8, 4) is 0 Å². The van der Waals surface area contributed by atoms with Crippen LogP contribution in [-0.4, -0.2) is 6.04 Å². The highest BCUT2D eigenvalue weighted by Gasteiger charge is 2.29. The highest BCUT2D eigenvalue weighted by atomic mass is 15.0. The highest BCUT2D eigenvalue weighted by molar-refractivity contribution is 5.37. The fourth-order valence-corrected chi connectivity index (χ4v) is 2.45. The number of hydrogen-bond donors (Lipinski definition) is 1. The van der Waals surface area contributed by atoms with Gasteiger partial charge >= 0.3 is 0 Å². The van der Waals surface area contributed by atoms with Crippen LogP contribution in [0, 0.1) is 6.92 Å². The molecule has 14 heavy (non-hydrogen) atoms. The molecule has 1 unspecified atom stereocenters. The molecule has 0 spiro atoms. The molecule has 1 saturated carbocycles. The maximum absolute atomic E-state index is 3.73. The number of benzene rings is 1. The van der Waals surface area contributed by atoms with E-state index >= 15 is 0 Å². The zero-order valence-corrected chi connectivity index (χ0v) is 8.72. The Bertz CT molecular complexity index is 352. The normalized spacial score (nSPS) is 25.1. The minimum Gasteiger partial charge on any atom is -0.307 e. The predicted molar refractivity (Wildman–Crippen MR) is 58.4 cm³/mol. The van der Waals surface area contributed by atoms with Gasteiger partial charge in [-0.2, -0.15) is 0 Å². The van der Waals surface area contributed by atoms with Crippen LogP contribution in [0.25, 0.3) is 0 Å². The molecule has 0 amide bonds. The van der Waals surface area contributed by atoms with Crippen molar-refractivity contribution in [2.45, 2.75) is 44.7 Å². The van der Waals surface area contributed by atoms with E-state index in [0.29, 0.717) is 6.04 Å². The summed E-state index contributed by atoms with van der Waals surface area (Å²) in [6.07, 6.45) is 5.34. The van der Waals surface area contributed by atoms with Crippen molar-refractivity contribution >= 4 is 0 Å². The maximum Gasteiger partial charge on any atom is 0.0328 e. The maximum atomic E-state index is 3.73. The summed E-state index contributed by atoms with van der Waals surface area (Å²) in [7, 11) is 0. The lowest BCUT2D eigenvalue weighted by Gasteiger charge is -2.13. The standard InChI is InChI=1S/C13H17N/c1-9-2-6-12-10(8-9)3-7-13(12)14-11-4-5-11/h2,6,8,11,13-14H,3-5,7H2,1H3. The summed E-state index contributed by atoms with van der Waals surface area (Å²) < 4.78 is 0. The largest absolute Gasteiger partial charge is 0.307 e. The molecule has 2 aliphatic rings. The van der Waals surface area contributed by atoms with E-state index in [1.54, 1.807) is 11.1 Å². The molecule has 0 aliphatic heterocycles. The number of hydrogen-bond acceptors (Lipinski definition) is 1. The fourth-order valence-electron chi connectivity index (χ4n) is 2.45. The van der Waals surface area contributed by atoms with E-state index in [9.17, 15) is 0 Å². The molecule has 0 saturated heterocycles. The van der Waals surface area contributed by atoms with Crippen LogP contribution < -0.4 is 5.32 Å². The van der Waals surface area contributed by atoms with Crippen LogP contribution in [0.15, 0.2) is 18.2 Å². The SMILES string of the molecule is Cc1ccc2c(c1)CCC2NC1CC1. The van der Waals surface area contributed by atoms with Gasteiger partial charge in [0.25, 0.3) is 0 Å². The van der Waals surface area contributed by atoms with E-state index in [2.05, 4.69) is 30.4 Å². The highest BCUT2D eigenvalue weighted by Crippen LogP contribution is 2.34. The van der Waals surface area contributed by atoms with Crippen LogP contribution in [0.5, 0.6) is 0 Å². The third-order valence-electron chi connectivity index (χ3n) is 3.39. The molecule has 0 radical (unpaired) electrons. The Morgan fingerprint density at radius 1 is 1.21 bits per heavy atom. The van der Waals surface area contributed by atoms with Crippen LogP contribution in [-0.2, 0) is 6.42 Å². The Hall–Kier alpha value is -0.820. The number of fused-ring (bicyclic) bond motifs is 1. The Kier molecular flexibility index (Phi) is 1.88. The second-order valence-corrected chi connectivity index (χ2v) is 4.73. The van der Waals surface area contributed by atoms with Crippen LogP contribution in [0.4, 0.5) is 0 Å². The molecular weight excluding hydrogens is 170 g/mol. The van der Waals surface area contributed by atoms with Crippen molar-refractivity contribution in [1.29, 1.82) is 0 Å². The Balaban J connectivity index is 1.85. The van der Waals surface area contributed by atoms with Gasteiger partial charge in [0.1, 0.15) is 0 Å². The van der Waals surface area contributed by atoms with E-state index < -0.39 is 0 Å². The first-order valence-electron chi connectivity index (χ1n) is 5.68. The Morgan fingerprint density at radius 2 is 2.07 bits per heavy atom. The van der Waals surface area contributed by atoms with E-state index in [1.165, 1.54) is 31.2 Å². The molecule has 1 nitrogen and oxygen atoms in total. The molecule has 1 fully saturated rings. The number of rotatable bonds is 2. The molecule has 1 aromatic rings. The summed E-state index contributed by atoms with van der Waals surface area (Å²) in [5.74, 6) is 0. The number of nitrogens with one attached hydrogen (secondary N) is 1. The van der Waals surface area contributed by atoms with Crippen molar-refractivity contribution in [1.82, 2.24) is 5.32 Å². The van der Waals surface area contributed by atoms with E-state index in [-0.39, 0.29) is 0 Å². The average molecular weight is 187 g/mol. The zero-order chi connectivity index (χ0) is 9.54. The molecule has 0 bridgehead atoms. The van der Waals surface area contributed by atoms with Crippen molar-refractivity contribution in [2.24, 2.45) is 0 Å². The lowest BCUT2D eigenvalue weighted by molar-refractivity contribution is 0.527. The van der Waals surface area contributed by atoms with Crippen LogP contribution in [0.2, 0.25) is 0 Å². The summed E-state index contributed by atoms with van der Waals surface area (Å²) in [5, 5.41) is 3.73. The van der Waals surface area contributed by atoms with Gasteiger partial charge in [0, 0.05) is 12.1 Å². The smallest absolute Gasteiger partial charge is 0.0328 e. The van der Waals surface area contributed by atoms with Gasteiger partial charge in [-0.15, -0.1) is 0 Å². The van der Waals surface area contributed by atoms with Crippen LogP contribution >= 0.6 is 0 Å². The quantitative estimate of drug-likeness (QED) is 0.750. The van der Waals surface area contributed by atoms with Gasteiger partial charge in [0.15, 0.2) is 0 Å². The van der Waals surface area contributed by atoms with Gasteiger partial charge in [-0.25, -0.2) is 0 Å². The fraction of sp³-hybridized carbons (Fsp3) is 0.538. The first-order chi connectivity index (χ1) is 6.83. The van der Waals surface area contributed by atoms with Crippen molar-refractivity contribution in [3.63, 3.8) is 0 Å². The van der Waals surface area contributed by atoms with E-state index in [4.69, 9.17) is 0 Å². The lowest BCUT2D eigenvalue weighted by atomic mass is 10.1.